The molecule has 1 aromatic carbocycles. The van der Waals surface area contributed by atoms with Crippen molar-refractivity contribution >= 4 is 29.6 Å². The first-order chi connectivity index (χ1) is 23.9. The van der Waals surface area contributed by atoms with E-state index in [1.165, 1.54) is 14.2 Å². The first kappa shape index (κ1) is 43.6. The fourth-order valence-electron chi connectivity index (χ4n) is 6.83. The zero-order valence-corrected chi connectivity index (χ0v) is 32.5. The van der Waals surface area contributed by atoms with Crippen molar-refractivity contribution in [2.24, 2.45) is 17.8 Å². The van der Waals surface area contributed by atoms with Crippen molar-refractivity contribution in [2.45, 2.75) is 122 Å². The van der Waals surface area contributed by atoms with Crippen LogP contribution in [0.5, 0.6) is 0 Å². The van der Waals surface area contributed by atoms with E-state index in [-0.39, 0.29) is 42.4 Å². The molecule has 1 saturated heterocycles. The molecule has 8 atom stereocenters. The van der Waals surface area contributed by atoms with E-state index < -0.39 is 59.7 Å². The lowest BCUT2D eigenvalue weighted by molar-refractivity contribution is -0.148. The van der Waals surface area contributed by atoms with Crippen LogP contribution in [-0.2, 0) is 39.9 Å². The number of carbonyl (C=O) groups is 5. The summed E-state index contributed by atoms with van der Waals surface area (Å²) in [5.41, 5.74) is -0.0968. The molecule has 1 aromatic rings. The Bertz CT molecular complexity index is 1310. The molecule has 2 rings (SSSR count). The second-order valence-electron chi connectivity index (χ2n) is 14.7. The topological polar surface area (TPSA) is 167 Å². The summed E-state index contributed by atoms with van der Waals surface area (Å²) in [6, 6.07) is 6.27. The zero-order valence-electron chi connectivity index (χ0n) is 32.5. The van der Waals surface area contributed by atoms with Gasteiger partial charge in [-0.05, 0) is 51.1 Å². The number of carboxylic acids is 1. The third-order valence-corrected chi connectivity index (χ3v) is 10.6. The Morgan fingerprint density at radius 2 is 1.65 bits per heavy atom. The zero-order chi connectivity index (χ0) is 38.6. The van der Waals surface area contributed by atoms with Gasteiger partial charge in [0, 0.05) is 34.2 Å². The Hall–Kier alpha value is -3.55. The van der Waals surface area contributed by atoms with Crippen LogP contribution in [0.25, 0.3) is 0 Å². The van der Waals surface area contributed by atoms with Gasteiger partial charge in [0.1, 0.15) is 12.1 Å². The van der Waals surface area contributed by atoms with Gasteiger partial charge in [-0.25, -0.2) is 4.79 Å². The summed E-state index contributed by atoms with van der Waals surface area (Å²) >= 11 is 0. The number of ether oxygens (including phenoxy) is 2. The molecule has 1 aliphatic rings. The number of hydrogen-bond donors (Lipinski definition) is 4. The maximum absolute atomic E-state index is 14.1. The summed E-state index contributed by atoms with van der Waals surface area (Å²) in [7, 11) is 6.41. The summed E-state index contributed by atoms with van der Waals surface area (Å²) in [6.07, 6.45) is 0.809. The molecule has 0 radical (unpaired) electrons. The quantitative estimate of drug-likeness (QED) is 0.159. The molecule has 0 aliphatic carbocycles. The molecule has 1 fully saturated rings. The van der Waals surface area contributed by atoms with E-state index >= 15 is 0 Å². The normalized spacial score (nSPS) is 19.0. The molecule has 13 nitrogen and oxygen atoms in total. The number of carbonyl (C=O) groups excluding carboxylic acids is 4. The summed E-state index contributed by atoms with van der Waals surface area (Å²) in [5, 5.41) is 18.4. The monoisotopic (exact) mass is 717 g/mol. The van der Waals surface area contributed by atoms with Crippen molar-refractivity contribution in [3.05, 3.63) is 35.9 Å². The minimum atomic E-state index is -1.14. The molecular weight excluding hydrogens is 654 g/mol. The van der Waals surface area contributed by atoms with Crippen molar-refractivity contribution in [1.29, 1.82) is 0 Å². The van der Waals surface area contributed by atoms with E-state index in [4.69, 9.17) is 9.47 Å². The summed E-state index contributed by atoms with van der Waals surface area (Å²) in [4.78, 5) is 70.0. The first-order valence-electron chi connectivity index (χ1n) is 18.1. The Morgan fingerprint density at radius 1 is 1.02 bits per heavy atom. The molecule has 4 amide bonds. The van der Waals surface area contributed by atoms with Gasteiger partial charge in [-0.1, -0.05) is 71.4 Å². The van der Waals surface area contributed by atoms with E-state index in [2.05, 4.69) is 16.0 Å². The lowest BCUT2D eigenvalue weighted by Crippen LogP contribution is -2.61. The second-order valence-corrected chi connectivity index (χ2v) is 14.7. The van der Waals surface area contributed by atoms with Crippen LogP contribution in [0.4, 0.5) is 0 Å². The smallest absolute Gasteiger partial charge is 0.326 e. The predicted octanol–water partition coefficient (Wildman–Crippen LogP) is 2.86. The van der Waals surface area contributed by atoms with Crippen molar-refractivity contribution < 1.29 is 38.6 Å². The van der Waals surface area contributed by atoms with Crippen molar-refractivity contribution in [3.8, 4) is 0 Å². The fourth-order valence-corrected chi connectivity index (χ4v) is 6.83. The highest BCUT2D eigenvalue weighted by Gasteiger charge is 2.43. The van der Waals surface area contributed by atoms with Crippen molar-refractivity contribution in [3.63, 3.8) is 0 Å². The van der Waals surface area contributed by atoms with Crippen LogP contribution in [0.1, 0.15) is 79.7 Å². The van der Waals surface area contributed by atoms with Gasteiger partial charge in [0.15, 0.2) is 0 Å². The fraction of sp³-hybridized carbons (Fsp3) is 0.711. The van der Waals surface area contributed by atoms with Crippen LogP contribution in [-0.4, -0.2) is 121 Å². The highest BCUT2D eigenvalue weighted by Crippen LogP contribution is 2.30. The minimum absolute atomic E-state index is 0.0136. The van der Waals surface area contributed by atoms with Crippen LogP contribution in [0.3, 0.4) is 0 Å². The highest BCUT2D eigenvalue weighted by atomic mass is 16.5. The van der Waals surface area contributed by atoms with E-state index in [0.29, 0.717) is 25.8 Å². The third kappa shape index (κ3) is 11.5. The van der Waals surface area contributed by atoms with E-state index in [9.17, 15) is 29.1 Å². The largest absolute Gasteiger partial charge is 0.480 e. The third-order valence-electron chi connectivity index (χ3n) is 10.6. The minimum Gasteiger partial charge on any atom is -0.480 e. The number of methoxy groups -OCH3 is 2. The van der Waals surface area contributed by atoms with Gasteiger partial charge in [0.2, 0.25) is 23.6 Å². The van der Waals surface area contributed by atoms with Gasteiger partial charge >= 0.3 is 5.97 Å². The Kier molecular flexibility index (Phi) is 17.0. The number of hydrogen-bond acceptors (Lipinski definition) is 8. The number of likely N-dealkylation sites (N-methyl/N-ethyl adjacent to an activating group) is 2. The average molecular weight is 718 g/mol. The number of nitrogens with one attached hydrogen (secondary N) is 3. The number of amides is 4. The van der Waals surface area contributed by atoms with Crippen LogP contribution in [0.2, 0.25) is 0 Å². The Balaban J connectivity index is 2.26. The molecule has 4 N–H and O–H groups in total. The lowest BCUT2D eigenvalue weighted by atomic mass is 9.89. The second kappa shape index (κ2) is 19.9. The molecule has 0 aromatic heterocycles. The van der Waals surface area contributed by atoms with Gasteiger partial charge in [-0.15, -0.1) is 0 Å². The SMILES string of the molecule is CC[C@H](C)[C@@H]([C@@H](CC(=O)N1CCC[C@H]1C(OC)[C@@H](C)C(=O)N[C@@H](Cc1ccccc1)C(=O)O)OC)N(C)C(=O)[C@@H](NC(=O)C(C)(C)NC)C(C)C. The van der Waals surface area contributed by atoms with Crippen LogP contribution in [0, 0.1) is 17.8 Å². The van der Waals surface area contributed by atoms with E-state index in [1.807, 2.05) is 58.0 Å². The van der Waals surface area contributed by atoms with Gasteiger partial charge in [0.05, 0.1) is 42.2 Å². The summed E-state index contributed by atoms with van der Waals surface area (Å²) in [6.45, 7) is 13.4. The Labute approximate surface area is 304 Å². The first-order valence-corrected chi connectivity index (χ1v) is 18.1. The predicted molar refractivity (Wildman–Crippen MR) is 196 cm³/mol. The maximum atomic E-state index is 14.1. The van der Waals surface area contributed by atoms with Crippen LogP contribution < -0.4 is 16.0 Å². The van der Waals surface area contributed by atoms with Crippen molar-refractivity contribution in [2.75, 3.05) is 34.9 Å². The number of benzene rings is 1. The van der Waals surface area contributed by atoms with Gasteiger partial charge < -0.3 is 40.3 Å². The summed E-state index contributed by atoms with van der Waals surface area (Å²) < 4.78 is 11.8. The highest BCUT2D eigenvalue weighted by molar-refractivity contribution is 5.92. The average Bonchev–Trinajstić information content (AvgIpc) is 3.59. The molecule has 288 valence electrons. The molecule has 0 bridgehead atoms. The van der Waals surface area contributed by atoms with Gasteiger partial charge in [-0.2, -0.15) is 0 Å². The number of nitrogens with zero attached hydrogens (tertiary/aromatic N) is 2. The van der Waals surface area contributed by atoms with Crippen molar-refractivity contribution in [1.82, 2.24) is 25.8 Å². The number of rotatable bonds is 20. The molecule has 1 aliphatic heterocycles. The molecular formula is C38H63N5O8. The molecule has 0 saturated carbocycles. The number of carboxylic acid groups (broad SMARTS) is 1. The number of likely N-dealkylation sites (tertiary alicyclic amines) is 1. The van der Waals surface area contributed by atoms with Gasteiger partial charge in [-0.3, -0.25) is 19.2 Å². The molecule has 51 heavy (non-hydrogen) atoms. The molecule has 13 heteroatoms. The maximum Gasteiger partial charge on any atom is 0.326 e. The number of aliphatic carboxylic acids is 1. The van der Waals surface area contributed by atoms with E-state index in [1.54, 1.807) is 44.7 Å². The van der Waals surface area contributed by atoms with Crippen LogP contribution in [0.15, 0.2) is 30.3 Å². The molecule has 1 unspecified atom stereocenters. The standard InChI is InChI=1S/C38H63N5O8/c1-12-24(4)32(42(9)35(46)31(23(2)3)41-37(49)38(6,7)39-8)29(50-10)22-30(44)43-20-16-19-28(43)33(51-11)25(5)34(45)40-27(36(47)48)21-26-17-14-13-15-18-26/h13-15,17-18,23-25,27-29,31-33,39H,12,16,19-22H2,1-11H3,(H,40,45)(H,41,49)(H,47,48)/t24-,25+,27-,28-,29+,31-,32-,33?/m0/s1. The molecule has 0 spiro atoms. The van der Waals surface area contributed by atoms with Crippen LogP contribution >= 0.6 is 0 Å². The Morgan fingerprint density at radius 3 is 2.16 bits per heavy atom. The molecule has 1 heterocycles. The summed E-state index contributed by atoms with van der Waals surface area (Å²) in [5.74, 6) is -3.36. The van der Waals surface area contributed by atoms with E-state index in [0.717, 1.165) is 5.56 Å². The lowest BCUT2D eigenvalue weighted by Gasteiger charge is -2.41. The van der Waals surface area contributed by atoms with Gasteiger partial charge in [0.25, 0.3) is 0 Å².